The molecule has 30 heavy (non-hydrogen) atoms. The van der Waals surface area contributed by atoms with Crippen LogP contribution in [-0.4, -0.2) is 39.5 Å². The van der Waals surface area contributed by atoms with Crippen molar-refractivity contribution in [1.29, 1.82) is 5.26 Å². The van der Waals surface area contributed by atoms with Gasteiger partial charge in [0.05, 0.1) is 24.4 Å². The molecule has 1 fully saturated rings. The summed E-state index contributed by atoms with van der Waals surface area (Å²) in [5, 5.41) is 24.1. The van der Waals surface area contributed by atoms with Crippen molar-refractivity contribution in [3.05, 3.63) is 47.8 Å². The van der Waals surface area contributed by atoms with Crippen LogP contribution in [0.4, 0.5) is 4.79 Å². The lowest BCUT2D eigenvalue weighted by Crippen LogP contribution is -2.24. The average molecular weight is 407 g/mol. The molecule has 2 heterocycles. The predicted octanol–water partition coefficient (Wildman–Crippen LogP) is 4.06. The Balaban J connectivity index is 0.000000275. The molecule has 1 aliphatic rings. The van der Waals surface area contributed by atoms with Gasteiger partial charge in [-0.15, -0.1) is 0 Å². The van der Waals surface area contributed by atoms with Crippen LogP contribution in [0.25, 0.3) is 16.9 Å². The zero-order valence-corrected chi connectivity index (χ0v) is 17.3. The Morgan fingerprint density at radius 1 is 1.37 bits per heavy atom. The lowest BCUT2D eigenvalue weighted by Gasteiger charge is -2.07. The minimum atomic E-state index is -0.946. The first kappa shape index (κ1) is 21.1. The number of ether oxygens (including phenoxy) is 1. The molecule has 4 rings (SSSR count). The molecule has 156 valence electrons. The number of nitrogens with zero attached hydrogens (tertiary/aromatic N) is 4. The summed E-state index contributed by atoms with van der Waals surface area (Å²) < 4.78 is 7.22. The molecule has 2 N–H and O–H groups in total. The molecular weight excluding hydrogens is 382 g/mol. The van der Waals surface area contributed by atoms with Crippen molar-refractivity contribution in [2.75, 3.05) is 13.7 Å². The van der Waals surface area contributed by atoms with Crippen LogP contribution in [0.1, 0.15) is 44.0 Å². The molecule has 0 atom stereocenters. The topological polar surface area (TPSA) is 113 Å². The fourth-order valence-corrected chi connectivity index (χ4v) is 2.89. The molecule has 8 nitrogen and oxygen atoms in total. The lowest BCUT2D eigenvalue weighted by atomic mass is 10.1. The van der Waals surface area contributed by atoms with Crippen LogP contribution >= 0.6 is 0 Å². The van der Waals surface area contributed by atoms with Gasteiger partial charge in [0.25, 0.3) is 0 Å². The summed E-state index contributed by atoms with van der Waals surface area (Å²) in [6, 6.07) is 13.5. The standard InChI is InChI=1S/C17H14N4O.C5H11NO2/c1-22-15-8-7-14(13-4-2-3-11(9-13)10-18)21-17(15)19-16(20-21)12-5-6-12;1-4(2)3-6-5(7)8/h2-4,7-9,12H,5-6H2,1H3;4,6H,3H2,1-2H3,(H,7,8). The summed E-state index contributed by atoms with van der Waals surface area (Å²) in [5.74, 6) is 2.45. The normalized spacial score (nSPS) is 12.8. The second-order valence-electron chi connectivity index (χ2n) is 7.54. The summed E-state index contributed by atoms with van der Waals surface area (Å²) in [6.45, 7) is 4.45. The van der Waals surface area contributed by atoms with Gasteiger partial charge in [-0.2, -0.15) is 10.4 Å². The first-order valence-electron chi connectivity index (χ1n) is 9.84. The van der Waals surface area contributed by atoms with E-state index in [9.17, 15) is 4.79 Å². The van der Waals surface area contributed by atoms with Crippen molar-refractivity contribution in [2.24, 2.45) is 5.92 Å². The van der Waals surface area contributed by atoms with Gasteiger partial charge in [-0.25, -0.2) is 14.3 Å². The highest BCUT2D eigenvalue weighted by molar-refractivity contribution is 5.68. The van der Waals surface area contributed by atoms with E-state index in [-0.39, 0.29) is 0 Å². The first-order chi connectivity index (χ1) is 14.4. The second-order valence-corrected chi connectivity index (χ2v) is 7.54. The molecule has 1 aliphatic carbocycles. The molecule has 0 aliphatic heterocycles. The molecule has 0 unspecified atom stereocenters. The first-order valence-corrected chi connectivity index (χ1v) is 9.84. The van der Waals surface area contributed by atoms with E-state index >= 15 is 0 Å². The Hall–Kier alpha value is -3.60. The summed E-state index contributed by atoms with van der Waals surface area (Å²) in [5.41, 5.74) is 3.21. The predicted molar refractivity (Wildman–Crippen MR) is 113 cm³/mol. The van der Waals surface area contributed by atoms with Crippen LogP contribution < -0.4 is 10.1 Å². The Kier molecular flexibility index (Phi) is 6.52. The number of hydrogen-bond donors (Lipinski definition) is 2. The van der Waals surface area contributed by atoms with E-state index in [1.54, 1.807) is 13.2 Å². The molecule has 0 radical (unpaired) electrons. The SMILES string of the molecule is CC(C)CNC(=O)O.COc1ccc(-c2cccc(C#N)c2)n2nc(C3CC3)nc12. The maximum Gasteiger partial charge on any atom is 0.404 e. The van der Waals surface area contributed by atoms with Crippen molar-refractivity contribution in [3.8, 4) is 23.1 Å². The Labute approximate surface area is 175 Å². The second kappa shape index (κ2) is 9.27. The van der Waals surface area contributed by atoms with Crippen molar-refractivity contribution in [1.82, 2.24) is 19.9 Å². The maximum atomic E-state index is 9.79. The zero-order chi connectivity index (χ0) is 21.7. The van der Waals surface area contributed by atoms with Crippen LogP contribution in [0.15, 0.2) is 36.4 Å². The number of carboxylic acid groups (broad SMARTS) is 1. The fraction of sp³-hybridized carbons (Fsp3) is 0.364. The zero-order valence-electron chi connectivity index (χ0n) is 17.3. The molecule has 3 aromatic rings. The van der Waals surface area contributed by atoms with Crippen LogP contribution in [-0.2, 0) is 0 Å². The van der Waals surface area contributed by atoms with Gasteiger partial charge in [0.1, 0.15) is 0 Å². The monoisotopic (exact) mass is 407 g/mol. The number of amides is 1. The van der Waals surface area contributed by atoms with Gasteiger partial charge < -0.3 is 15.2 Å². The minimum Gasteiger partial charge on any atom is -0.493 e. The van der Waals surface area contributed by atoms with E-state index in [1.165, 1.54) is 0 Å². The van der Waals surface area contributed by atoms with Crippen LogP contribution in [0.3, 0.4) is 0 Å². The molecule has 1 aromatic carbocycles. The summed E-state index contributed by atoms with van der Waals surface area (Å²) >= 11 is 0. The van der Waals surface area contributed by atoms with Gasteiger partial charge in [0.2, 0.25) is 0 Å². The number of rotatable bonds is 5. The van der Waals surface area contributed by atoms with Crippen molar-refractivity contribution >= 4 is 11.7 Å². The largest absolute Gasteiger partial charge is 0.493 e. The highest BCUT2D eigenvalue weighted by Gasteiger charge is 2.29. The van der Waals surface area contributed by atoms with Crippen molar-refractivity contribution < 1.29 is 14.6 Å². The number of benzene rings is 1. The number of hydrogen-bond acceptors (Lipinski definition) is 5. The molecule has 0 saturated heterocycles. The number of carbonyl (C=O) groups is 1. The molecule has 0 spiro atoms. The number of pyridine rings is 1. The highest BCUT2D eigenvalue weighted by atomic mass is 16.5. The lowest BCUT2D eigenvalue weighted by molar-refractivity contribution is 0.193. The van der Waals surface area contributed by atoms with Crippen LogP contribution in [0.5, 0.6) is 5.75 Å². The van der Waals surface area contributed by atoms with Gasteiger partial charge in [-0.05, 0) is 43.0 Å². The van der Waals surface area contributed by atoms with E-state index in [1.807, 2.05) is 48.7 Å². The number of nitriles is 1. The van der Waals surface area contributed by atoms with E-state index in [0.29, 0.717) is 29.7 Å². The number of aromatic nitrogens is 3. The number of methoxy groups -OCH3 is 1. The smallest absolute Gasteiger partial charge is 0.404 e. The number of nitrogens with one attached hydrogen (secondary N) is 1. The molecule has 1 amide bonds. The van der Waals surface area contributed by atoms with Gasteiger partial charge in [0.15, 0.2) is 17.2 Å². The highest BCUT2D eigenvalue weighted by Crippen LogP contribution is 2.39. The van der Waals surface area contributed by atoms with E-state index in [2.05, 4.69) is 21.5 Å². The van der Waals surface area contributed by atoms with Crippen molar-refractivity contribution in [2.45, 2.75) is 32.6 Å². The van der Waals surface area contributed by atoms with Crippen molar-refractivity contribution in [3.63, 3.8) is 0 Å². The molecular formula is C22H25N5O3. The third kappa shape index (κ3) is 5.06. The maximum absolute atomic E-state index is 9.79. The molecule has 0 bridgehead atoms. The summed E-state index contributed by atoms with van der Waals surface area (Å²) in [4.78, 5) is 14.4. The summed E-state index contributed by atoms with van der Waals surface area (Å²) in [7, 11) is 1.64. The Morgan fingerprint density at radius 3 is 2.70 bits per heavy atom. The van der Waals surface area contributed by atoms with E-state index < -0.39 is 6.09 Å². The van der Waals surface area contributed by atoms with Gasteiger partial charge in [-0.1, -0.05) is 26.0 Å². The quantitative estimate of drug-likeness (QED) is 0.659. The third-order valence-corrected chi connectivity index (χ3v) is 4.58. The van der Waals surface area contributed by atoms with Gasteiger partial charge in [0, 0.05) is 18.0 Å². The fourth-order valence-electron chi connectivity index (χ4n) is 2.89. The van der Waals surface area contributed by atoms with E-state index in [0.717, 1.165) is 35.6 Å². The Bertz CT molecular complexity index is 1080. The molecule has 2 aromatic heterocycles. The van der Waals surface area contributed by atoms with Gasteiger partial charge >= 0.3 is 6.09 Å². The minimum absolute atomic E-state index is 0.395. The Morgan fingerprint density at radius 2 is 2.13 bits per heavy atom. The average Bonchev–Trinajstić information content (AvgIpc) is 3.50. The van der Waals surface area contributed by atoms with Gasteiger partial charge in [-0.3, -0.25) is 0 Å². The summed E-state index contributed by atoms with van der Waals surface area (Å²) in [6.07, 6.45) is 1.36. The van der Waals surface area contributed by atoms with E-state index in [4.69, 9.17) is 15.1 Å². The molecule has 1 saturated carbocycles. The van der Waals surface area contributed by atoms with Crippen LogP contribution in [0.2, 0.25) is 0 Å². The number of fused-ring (bicyclic) bond motifs is 1. The third-order valence-electron chi connectivity index (χ3n) is 4.58. The van der Waals surface area contributed by atoms with Crippen LogP contribution in [0, 0.1) is 17.2 Å². The molecule has 8 heteroatoms.